The third-order valence-electron chi connectivity index (χ3n) is 2.37. The zero-order chi connectivity index (χ0) is 13.7. The predicted molar refractivity (Wildman–Crippen MR) is 67.1 cm³/mol. The highest BCUT2D eigenvalue weighted by molar-refractivity contribution is 5.56. The normalized spacial score (nSPS) is 10.4. The SMILES string of the molecule is CC(C)CN(CCC#N)c1nn(C)cc1[N+](=O)[O-]. The van der Waals surface area contributed by atoms with Crippen molar-refractivity contribution in [1.29, 1.82) is 5.26 Å². The Morgan fingerprint density at radius 2 is 2.33 bits per heavy atom. The summed E-state index contributed by atoms with van der Waals surface area (Å²) in [5.74, 6) is 0.678. The number of nitro groups is 1. The standard InChI is InChI=1S/C11H17N5O2/c1-9(2)7-15(6-4-5-12)11-10(16(17)18)8-14(3)13-11/h8-9H,4,6-7H2,1-3H3. The molecular weight excluding hydrogens is 234 g/mol. The van der Waals surface area contributed by atoms with Crippen LogP contribution in [0, 0.1) is 27.4 Å². The fourth-order valence-electron chi connectivity index (χ4n) is 1.73. The van der Waals surface area contributed by atoms with Crippen LogP contribution < -0.4 is 4.90 Å². The molecule has 0 radical (unpaired) electrons. The van der Waals surface area contributed by atoms with E-state index in [9.17, 15) is 10.1 Å². The maximum atomic E-state index is 11.0. The quantitative estimate of drug-likeness (QED) is 0.567. The van der Waals surface area contributed by atoms with Gasteiger partial charge in [0.2, 0.25) is 5.82 Å². The Morgan fingerprint density at radius 1 is 1.67 bits per heavy atom. The number of aromatic nitrogens is 2. The molecule has 0 N–H and O–H groups in total. The van der Waals surface area contributed by atoms with Crippen molar-refractivity contribution in [2.24, 2.45) is 13.0 Å². The molecule has 0 aliphatic heterocycles. The molecule has 1 aromatic heterocycles. The maximum absolute atomic E-state index is 11.0. The summed E-state index contributed by atoms with van der Waals surface area (Å²) < 4.78 is 1.42. The summed E-state index contributed by atoms with van der Waals surface area (Å²) in [5, 5.41) is 23.7. The Kier molecular flexibility index (Phi) is 4.66. The van der Waals surface area contributed by atoms with Crippen LogP contribution >= 0.6 is 0 Å². The molecule has 0 aliphatic carbocycles. The zero-order valence-corrected chi connectivity index (χ0v) is 10.8. The number of rotatable bonds is 6. The largest absolute Gasteiger partial charge is 0.348 e. The summed E-state index contributed by atoms with van der Waals surface area (Å²) in [5.41, 5.74) is -0.0175. The van der Waals surface area contributed by atoms with E-state index >= 15 is 0 Å². The van der Waals surface area contributed by atoms with Crippen molar-refractivity contribution in [3.05, 3.63) is 16.3 Å². The summed E-state index contributed by atoms with van der Waals surface area (Å²) in [7, 11) is 1.65. The number of hydrogen-bond acceptors (Lipinski definition) is 5. The lowest BCUT2D eigenvalue weighted by Gasteiger charge is -2.22. The molecule has 7 nitrogen and oxygen atoms in total. The molecule has 0 aromatic carbocycles. The Hall–Kier alpha value is -2.10. The third-order valence-corrected chi connectivity index (χ3v) is 2.37. The van der Waals surface area contributed by atoms with Crippen molar-refractivity contribution < 1.29 is 4.92 Å². The first-order valence-corrected chi connectivity index (χ1v) is 5.75. The fraction of sp³-hybridized carbons (Fsp3) is 0.636. The van der Waals surface area contributed by atoms with Gasteiger partial charge in [0, 0.05) is 20.1 Å². The monoisotopic (exact) mass is 251 g/mol. The van der Waals surface area contributed by atoms with Gasteiger partial charge in [-0.05, 0) is 5.92 Å². The number of hydrogen-bond donors (Lipinski definition) is 0. The topological polar surface area (TPSA) is 88.0 Å². The molecule has 18 heavy (non-hydrogen) atoms. The van der Waals surface area contributed by atoms with Crippen LogP contribution in [0.25, 0.3) is 0 Å². The molecule has 7 heteroatoms. The first-order valence-electron chi connectivity index (χ1n) is 5.75. The van der Waals surface area contributed by atoms with Crippen molar-refractivity contribution in [3.63, 3.8) is 0 Å². The Labute approximate surface area is 106 Å². The molecule has 0 spiro atoms. The summed E-state index contributed by atoms with van der Waals surface area (Å²) in [6.07, 6.45) is 1.70. The molecule has 1 rings (SSSR count). The second-order valence-electron chi connectivity index (χ2n) is 4.52. The molecule has 0 unspecified atom stereocenters. The highest BCUT2D eigenvalue weighted by Crippen LogP contribution is 2.26. The lowest BCUT2D eigenvalue weighted by Crippen LogP contribution is -2.29. The van der Waals surface area contributed by atoms with Gasteiger partial charge in [-0.1, -0.05) is 13.8 Å². The van der Waals surface area contributed by atoms with Gasteiger partial charge in [0.15, 0.2) is 0 Å². The molecule has 0 saturated heterocycles. The number of aryl methyl sites for hydroxylation is 1. The lowest BCUT2D eigenvalue weighted by atomic mass is 10.2. The highest BCUT2D eigenvalue weighted by atomic mass is 16.6. The molecule has 1 aromatic rings. The molecule has 0 amide bonds. The molecular formula is C11H17N5O2. The van der Waals surface area contributed by atoms with Crippen molar-refractivity contribution in [3.8, 4) is 6.07 Å². The van der Waals surface area contributed by atoms with Crippen LogP contribution in [0.15, 0.2) is 6.20 Å². The van der Waals surface area contributed by atoms with Crippen LogP contribution in [-0.2, 0) is 7.05 Å². The lowest BCUT2D eigenvalue weighted by molar-refractivity contribution is -0.384. The van der Waals surface area contributed by atoms with Gasteiger partial charge in [0.25, 0.3) is 0 Å². The Bertz CT molecular complexity index is 460. The second-order valence-corrected chi connectivity index (χ2v) is 4.52. The van der Waals surface area contributed by atoms with E-state index in [1.807, 2.05) is 13.8 Å². The average molecular weight is 251 g/mol. The Balaban J connectivity index is 3.03. The maximum Gasteiger partial charge on any atom is 0.330 e. The molecule has 1 heterocycles. The number of nitrogens with zero attached hydrogens (tertiary/aromatic N) is 5. The van der Waals surface area contributed by atoms with Crippen LogP contribution in [-0.4, -0.2) is 27.8 Å². The van der Waals surface area contributed by atoms with E-state index in [1.54, 1.807) is 11.9 Å². The van der Waals surface area contributed by atoms with E-state index in [-0.39, 0.29) is 5.69 Å². The van der Waals surface area contributed by atoms with Crippen molar-refractivity contribution in [2.45, 2.75) is 20.3 Å². The van der Waals surface area contributed by atoms with E-state index in [4.69, 9.17) is 5.26 Å². The van der Waals surface area contributed by atoms with Gasteiger partial charge in [-0.2, -0.15) is 5.26 Å². The van der Waals surface area contributed by atoms with Gasteiger partial charge in [-0.15, -0.1) is 5.10 Å². The minimum Gasteiger partial charge on any atom is -0.348 e. The van der Waals surface area contributed by atoms with Gasteiger partial charge in [-0.3, -0.25) is 14.8 Å². The molecule has 0 saturated carbocycles. The van der Waals surface area contributed by atoms with E-state index in [2.05, 4.69) is 11.2 Å². The van der Waals surface area contributed by atoms with Gasteiger partial charge >= 0.3 is 5.69 Å². The van der Waals surface area contributed by atoms with E-state index < -0.39 is 4.92 Å². The number of nitriles is 1. The summed E-state index contributed by atoms with van der Waals surface area (Å²) in [6, 6.07) is 2.05. The third kappa shape index (κ3) is 3.45. The Morgan fingerprint density at radius 3 is 2.83 bits per heavy atom. The summed E-state index contributed by atoms with van der Waals surface area (Å²) in [4.78, 5) is 12.3. The van der Waals surface area contributed by atoms with Crippen LogP contribution in [0.3, 0.4) is 0 Å². The van der Waals surface area contributed by atoms with Gasteiger partial charge < -0.3 is 4.90 Å². The first kappa shape index (κ1) is 14.0. The fourth-order valence-corrected chi connectivity index (χ4v) is 1.73. The van der Waals surface area contributed by atoms with Gasteiger partial charge in [-0.25, -0.2) is 0 Å². The first-order chi connectivity index (χ1) is 8.45. The average Bonchev–Trinajstić information content (AvgIpc) is 2.66. The number of anilines is 1. The predicted octanol–water partition coefficient (Wildman–Crippen LogP) is 1.70. The summed E-state index contributed by atoms with van der Waals surface area (Å²) >= 11 is 0. The minimum absolute atomic E-state index is 0.0175. The summed E-state index contributed by atoms with van der Waals surface area (Å²) in [6.45, 7) is 5.13. The van der Waals surface area contributed by atoms with E-state index in [1.165, 1.54) is 10.9 Å². The molecule has 0 aliphatic rings. The van der Waals surface area contributed by atoms with E-state index in [0.29, 0.717) is 31.2 Å². The van der Waals surface area contributed by atoms with Crippen molar-refractivity contribution in [2.75, 3.05) is 18.0 Å². The molecule has 0 bridgehead atoms. The second kappa shape index (κ2) is 6.00. The van der Waals surface area contributed by atoms with E-state index in [0.717, 1.165) is 0 Å². The minimum atomic E-state index is -0.442. The van der Waals surface area contributed by atoms with Crippen LogP contribution in [0.2, 0.25) is 0 Å². The molecule has 0 fully saturated rings. The van der Waals surface area contributed by atoms with Crippen LogP contribution in [0.5, 0.6) is 0 Å². The van der Waals surface area contributed by atoms with Gasteiger partial charge in [0.1, 0.15) is 6.20 Å². The van der Waals surface area contributed by atoms with Crippen LogP contribution in [0.1, 0.15) is 20.3 Å². The molecule has 0 atom stereocenters. The zero-order valence-electron chi connectivity index (χ0n) is 10.8. The smallest absolute Gasteiger partial charge is 0.330 e. The van der Waals surface area contributed by atoms with Crippen molar-refractivity contribution >= 4 is 11.5 Å². The van der Waals surface area contributed by atoms with Crippen LogP contribution in [0.4, 0.5) is 11.5 Å². The van der Waals surface area contributed by atoms with Gasteiger partial charge in [0.05, 0.1) is 17.4 Å². The highest BCUT2D eigenvalue weighted by Gasteiger charge is 2.24. The van der Waals surface area contributed by atoms with Crippen molar-refractivity contribution in [1.82, 2.24) is 9.78 Å². The molecule has 98 valence electrons.